The van der Waals surface area contributed by atoms with Crippen LogP contribution in [0.3, 0.4) is 0 Å². The molecule has 94 valence electrons. The topological polar surface area (TPSA) is 29.1 Å². The van der Waals surface area contributed by atoms with Crippen molar-refractivity contribution in [3.63, 3.8) is 0 Å². The highest BCUT2D eigenvalue weighted by Crippen LogP contribution is 2.10. The van der Waals surface area contributed by atoms with Gasteiger partial charge in [-0.1, -0.05) is 57.0 Å². The molecule has 0 aliphatic heterocycles. The molecule has 0 bridgehead atoms. The lowest BCUT2D eigenvalue weighted by atomic mass is 9.99. The zero-order valence-corrected chi connectivity index (χ0v) is 11.3. The molecule has 0 amide bonds. The van der Waals surface area contributed by atoms with Crippen molar-refractivity contribution in [1.29, 1.82) is 0 Å². The molecule has 1 N–H and O–H groups in total. The molecule has 17 heavy (non-hydrogen) atoms. The Balaban J connectivity index is 2.79. The van der Waals surface area contributed by atoms with Crippen LogP contribution in [-0.4, -0.2) is 17.9 Å². The van der Waals surface area contributed by atoms with E-state index >= 15 is 0 Å². The minimum absolute atomic E-state index is 0.0530. The molecule has 1 atom stereocenters. The van der Waals surface area contributed by atoms with Crippen LogP contribution in [0.15, 0.2) is 24.3 Å². The summed E-state index contributed by atoms with van der Waals surface area (Å²) in [6.07, 6.45) is 1.91. The van der Waals surface area contributed by atoms with Crippen LogP contribution >= 0.6 is 0 Å². The van der Waals surface area contributed by atoms with Gasteiger partial charge in [-0.25, -0.2) is 0 Å². The smallest absolute Gasteiger partial charge is 0.179 e. The summed E-state index contributed by atoms with van der Waals surface area (Å²) in [5.41, 5.74) is 1.99. The Morgan fingerprint density at radius 1 is 1.24 bits per heavy atom. The molecule has 1 unspecified atom stereocenters. The van der Waals surface area contributed by atoms with Gasteiger partial charge in [-0.05, 0) is 13.3 Å². The van der Waals surface area contributed by atoms with Crippen molar-refractivity contribution in [2.24, 2.45) is 0 Å². The summed E-state index contributed by atoms with van der Waals surface area (Å²) in [4.78, 5) is 12.3. The van der Waals surface area contributed by atoms with E-state index in [1.807, 2.05) is 31.2 Å². The molecule has 0 spiro atoms. The van der Waals surface area contributed by atoms with Gasteiger partial charge in [-0.15, -0.1) is 0 Å². The third-order valence-electron chi connectivity index (χ3n) is 2.76. The number of hydrogen-bond donors (Lipinski definition) is 1. The fraction of sp³-hybridized carbons (Fsp3) is 0.533. The van der Waals surface area contributed by atoms with Gasteiger partial charge in [0, 0.05) is 11.6 Å². The highest BCUT2D eigenvalue weighted by molar-refractivity contribution is 6.00. The van der Waals surface area contributed by atoms with Crippen LogP contribution in [-0.2, 0) is 0 Å². The lowest BCUT2D eigenvalue weighted by molar-refractivity contribution is 0.0932. The summed E-state index contributed by atoms with van der Waals surface area (Å²) in [5.74, 6) is 0.209. The van der Waals surface area contributed by atoms with Gasteiger partial charge in [0.05, 0.1) is 6.04 Å². The Kier molecular flexibility index (Phi) is 5.36. The van der Waals surface area contributed by atoms with Crippen molar-refractivity contribution >= 4 is 5.78 Å². The maximum absolute atomic E-state index is 12.3. The molecule has 0 saturated carbocycles. The van der Waals surface area contributed by atoms with E-state index in [9.17, 15) is 4.79 Å². The van der Waals surface area contributed by atoms with Crippen LogP contribution in [0.5, 0.6) is 0 Å². The van der Waals surface area contributed by atoms with Crippen molar-refractivity contribution < 1.29 is 4.79 Å². The van der Waals surface area contributed by atoms with Crippen LogP contribution in [0.2, 0.25) is 0 Å². The van der Waals surface area contributed by atoms with Gasteiger partial charge in [-0.2, -0.15) is 0 Å². The second-order valence-electron chi connectivity index (χ2n) is 4.89. The number of aryl methyl sites for hydroxylation is 1. The fourth-order valence-electron chi connectivity index (χ4n) is 1.90. The Hall–Kier alpha value is -1.15. The molecule has 0 radical (unpaired) electrons. The standard InChI is InChI=1S/C15H23NO/c1-5-6-14(16-11(2)3)15(17)13-9-7-12(4)8-10-13/h7-11,14,16H,5-6H2,1-4H3. The number of Topliss-reactive ketones (excluding diaryl/α,β-unsaturated/α-hetero) is 1. The Morgan fingerprint density at radius 3 is 2.29 bits per heavy atom. The number of carbonyl (C=O) groups is 1. The predicted octanol–water partition coefficient (Wildman–Crippen LogP) is 3.34. The molecule has 2 nitrogen and oxygen atoms in total. The van der Waals surface area contributed by atoms with E-state index in [2.05, 4.69) is 26.1 Å². The van der Waals surface area contributed by atoms with Gasteiger partial charge in [0.2, 0.25) is 0 Å². The molecule has 1 aromatic rings. The minimum atomic E-state index is -0.0530. The summed E-state index contributed by atoms with van der Waals surface area (Å²) in [5, 5.41) is 3.34. The highest BCUT2D eigenvalue weighted by atomic mass is 16.1. The SMILES string of the molecule is CCCC(NC(C)C)C(=O)c1ccc(C)cc1. The molecule has 1 rings (SSSR count). The first-order valence-corrected chi connectivity index (χ1v) is 6.41. The summed E-state index contributed by atoms with van der Waals surface area (Å²) in [7, 11) is 0. The average molecular weight is 233 g/mol. The number of ketones is 1. The second-order valence-corrected chi connectivity index (χ2v) is 4.89. The molecular weight excluding hydrogens is 210 g/mol. The Bertz CT molecular complexity index is 354. The zero-order chi connectivity index (χ0) is 12.8. The minimum Gasteiger partial charge on any atom is -0.305 e. The Labute approximate surface area is 104 Å². The van der Waals surface area contributed by atoms with E-state index in [-0.39, 0.29) is 11.8 Å². The van der Waals surface area contributed by atoms with Crippen molar-refractivity contribution in [1.82, 2.24) is 5.32 Å². The lowest BCUT2D eigenvalue weighted by Gasteiger charge is -2.19. The molecule has 0 fully saturated rings. The first-order chi connectivity index (χ1) is 8.04. The number of hydrogen-bond acceptors (Lipinski definition) is 2. The largest absolute Gasteiger partial charge is 0.305 e. The summed E-state index contributed by atoms with van der Waals surface area (Å²) >= 11 is 0. The molecule has 0 heterocycles. The molecule has 0 aliphatic rings. The van der Waals surface area contributed by atoms with E-state index in [1.54, 1.807) is 0 Å². The second kappa shape index (κ2) is 6.55. The summed E-state index contributed by atoms with van der Waals surface area (Å²) < 4.78 is 0. The van der Waals surface area contributed by atoms with Crippen molar-refractivity contribution in [3.8, 4) is 0 Å². The molecule has 0 aliphatic carbocycles. The van der Waals surface area contributed by atoms with Crippen molar-refractivity contribution in [2.75, 3.05) is 0 Å². The van der Waals surface area contributed by atoms with Gasteiger partial charge in [0.15, 0.2) is 5.78 Å². The maximum Gasteiger partial charge on any atom is 0.179 e. The summed E-state index contributed by atoms with van der Waals surface area (Å²) in [6, 6.07) is 8.10. The van der Waals surface area contributed by atoms with Gasteiger partial charge in [0.25, 0.3) is 0 Å². The molecular formula is C15H23NO. The van der Waals surface area contributed by atoms with Crippen LogP contribution in [0.25, 0.3) is 0 Å². The van der Waals surface area contributed by atoms with Crippen LogP contribution in [0.4, 0.5) is 0 Å². The molecule has 0 aromatic heterocycles. The highest BCUT2D eigenvalue weighted by Gasteiger charge is 2.19. The summed E-state index contributed by atoms with van der Waals surface area (Å²) in [6.45, 7) is 8.29. The first-order valence-electron chi connectivity index (χ1n) is 6.41. The third kappa shape index (κ3) is 4.31. The van der Waals surface area contributed by atoms with Crippen molar-refractivity contribution in [2.45, 2.75) is 52.6 Å². The van der Waals surface area contributed by atoms with E-state index < -0.39 is 0 Å². The van der Waals surface area contributed by atoms with Crippen LogP contribution in [0.1, 0.15) is 49.5 Å². The van der Waals surface area contributed by atoms with Gasteiger partial charge < -0.3 is 5.32 Å². The lowest BCUT2D eigenvalue weighted by Crippen LogP contribution is -2.40. The van der Waals surface area contributed by atoms with Crippen molar-refractivity contribution in [3.05, 3.63) is 35.4 Å². The van der Waals surface area contributed by atoms with Crippen LogP contribution in [0, 0.1) is 6.92 Å². The van der Waals surface area contributed by atoms with E-state index in [0.717, 1.165) is 18.4 Å². The number of rotatable bonds is 6. The van der Waals surface area contributed by atoms with Gasteiger partial charge in [0.1, 0.15) is 0 Å². The number of carbonyl (C=O) groups excluding carboxylic acids is 1. The first kappa shape index (κ1) is 13.9. The molecule has 1 aromatic carbocycles. The van der Waals surface area contributed by atoms with E-state index in [1.165, 1.54) is 5.56 Å². The quantitative estimate of drug-likeness (QED) is 0.763. The van der Waals surface area contributed by atoms with Gasteiger partial charge >= 0.3 is 0 Å². The van der Waals surface area contributed by atoms with E-state index in [4.69, 9.17) is 0 Å². The Morgan fingerprint density at radius 2 is 1.82 bits per heavy atom. The monoisotopic (exact) mass is 233 g/mol. The maximum atomic E-state index is 12.3. The third-order valence-corrected chi connectivity index (χ3v) is 2.76. The average Bonchev–Trinajstić information content (AvgIpc) is 2.28. The predicted molar refractivity (Wildman–Crippen MR) is 72.5 cm³/mol. The van der Waals surface area contributed by atoms with E-state index in [0.29, 0.717) is 6.04 Å². The zero-order valence-electron chi connectivity index (χ0n) is 11.3. The number of nitrogens with one attached hydrogen (secondary N) is 1. The normalized spacial score (nSPS) is 12.8. The molecule has 0 saturated heterocycles. The molecule has 2 heteroatoms. The van der Waals surface area contributed by atoms with Gasteiger partial charge in [-0.3, -0.25) is 4.79 Å². The fourth-order valence-corrected chi connectivity index (χ4v) is 1.90. The number of benzene rings is 1. The van der Waals surface area contributed by atoms with Crippen LogP contribution < -0.4 is 5.32 Å².